The van der Waals surface area contributed by atoms with Crippen LogP contribution < -0.4 is 10.0 Å². The molecule has 1 aliphatic rings. The molecule has 1 fully saturated rings. The minimum absolute atomic E-state index is 0.110. The van der Waals surface area contributed by atoms with E-state index in [0.29, 0.717) is 23.3 Å². The van der Waals surface area contributed by atoms with Crippen molar-refractivity contribution in [1.82, 2.24) is 15.4 Å². The summed E-state index contributed by atoms with van der Waals surface area (Å²) in [7, 11) is -3.57. The molecule has 9 heteroatoms. The smallest absolute Gasteiger partial charge is 0.227 e. The molecule has 2 aromatic rings. The molecular formula is C11H13N5O3S. The zero-order valence-corrected chi connectivity index (χ0v) is 11.3. The standard InChI is InChI=1S/C11H13N5O3S/c12-20(18,19)6-7-3-11(17)16(5-7)8-1-2-9-10(4-8)14-15-13-9/h1-2,4,7H,3,5-6H2,(H2,12,18,19)(H,13,14,15). The number of sulfonamides is 1. The maximum absolute atomic E-state index is 12.0. The van der Waals surface area contributed by atoms with Crippen LogP contribution in [0.5, 0.6) is 0 Å². The summed E-state index contributed by atoms with van der Waals surface area (Å²) in [6.45, 7) is 0.346. The van der Waals surface area contributed by atoms with E-state index in [0.717, 1.165) is 0 Å². The van der Waals surface area contributed by atoms with Gasteiger partial charge in [0.05, 0.1) is 5.75 Å². The van der Waals surface area contributed by atoms with E-state index in [9.17, 15) is 13.2 Å². The number of hydrogen-bond acceptors (Lipinski definition) is 5. The zero-order valence-electron chi connectivity index (χ0n) is 10.5. The number of nitrogens with one attached hydrogen (secondary N) is 1. The molecule has 0 saturated carbocycles. The lowest BCUT2D eigenvalue weighted by Gasteiger charge is -2.16. The lowest BCUT2D eigenvalue weighted by Crippen LogP contribution is -2.27. The highest BCUT2D eigenvalue weighted by Crippen LogP contribution is 2.27. The van der Waals surface area contributed by atoms with Gasteiger partial charge in [0.1, 0.15) is 11.0 Å². The van der Waals surface area contributed by atoms with Crippen LogP contribution in [-0.2, 0) is 14.8 Å². The highest BCUT2D eigenvalue weighted by molar-refractivity contribution is 7.89. The second-order valence-electron chi connectivity index (χ2n) is 4.90. The number of H-pyrrole nitrogens is 1. The predicted octanol–water partition coefficient (Wildman–Crippen LogP) is -0.401. The summed E-state index contributed by atoms with van der Waals surface area (Å²) in [5, 5.41) is 15.4. The lowest BCUT2D eigenvalue weighted by molar-refractivity contribution is -0.117. The molecule has 3 N–H and O–H groups in total. The number of primary sulfonamides is 1. The number of aromatic amines is 1. The number of hydrogen-bond donors (Lipinski definition) is 2. The van der Waals surface area contributed by atoms with E-state index in [1.54, 1.807) is 23.1 Å². The first-order valence-corrected chi connectivity index (χ1v) is 7.75. The number of rotatable bonds is 3. The second-order valence-corrected chi connectivity index (χ2v) is 6.56. The Bertz CT molecular complexity index is 769. The number of aromatic nitrogens is 3. The number of fused-ring (bicyclic) bond motifs is 1. The number of anilines is 1. The van der Waals surface area contributed by atoms with E-state index < -0.39 is 10.0 Å². The molecule has 106 valence electrons. The summed E-state index contributed by atoms with van der Waals surface area (Å²) < 4.78 is 22.2. The van der Waals surface area contributed by atoms with Gasteiger partial charge in [0.2, 0.25) is 15.9 Å². The molecule has 1 unspecified atom stereocenters. The predicted molar refractivity (Wildman–Crippen MR) is 72.3 cm³/mol. The van der Waals surface area contributed by atoms with Gasteiger partial charge < -0.3 is 4.90 Å². The minimum Gasteiger partial charge on any atom is -0.312 e. The van der Waals surface area contributed by atoms with Crippen LogP contribution in [0.1, 0.15) is 6.42 Å². The summed E-state index contributed by atoms with van der Waals surface area (Å²) in [6.07, 6.45) is 0.188. The summed E-state index contributed by atoms with van der Waals surface area (Å²) in [6, 6.07) is 5.27. The number of nitrogens with two attached hydrogens (primary N) is 1. The van der Waals surface area contributed by atoms with Crippen LogP contribution in [0.2, 0.25) is 0 Å². The molecule has 0 aliphatic carbocycles. The summed E-state index contributed by atoms with van der Waals surface area (Å²) in [5.74, 6) is -0.562. The van der Waals surface area contributed by atoms with Gasteiger partial charge in [-0.1, -0.05) is 0 Å². The first-order chi connectivity index (χ1) is 9.42. The fourth-order valence-electron chi connectivity index (χ4n) is 2.47. The molecular weight excluding hydrogens is 282 g/mol. The van der Waals surface area contributed by atoms with E-state index in [4.69, 9.17) is 5.14 Å². The first-order valence-electron chi connectivity index (χ1n) is 6.04. The highest BCUT2D eigenvalue weighted by atomic mass is 32.2. The van der Waals surface area contributed by atoms with Gasteiger partial charge in [-0.25, -0.2) is 13.6 Å². The Morgan fingerprint density at radius 3 is 2.85 bits per heavy atom. The van der Waals surface area contributed by atoms with Crippen molar-refractivity contribution >= 4 is 32.7 Å². The molecule has 0 bridgehead atoms. The Morgan fingerprint density at radius 1 is 1.35 bits per heavy atom. The van der Waals surface area contributed by atoms with Gasteiger partial charge >= 0.3 is 0 Å². The molecule has 20 heavy (non-hydrogen) atoms. The van der Waals surface area contributed by atoms with Gasteiger partial charge in [-0.15, -0.1) is 0 Å². The zero-order chi connectivity index (χ0) is 14.3. The highest BCUT2D eigenvalue weighted by Gasteiger charge is 2.32. The summed E-state index contributed by atoms with van der Waals surface area (Å²) >= 11 is 0. The van der Waals surface area contributed by atoms with Gasteiger partial charge in [-0.05, 0) is 18.2 Å². The van der Waals surface area contributed by atoms with Crippen LogP contribution >= 0.6 is 0 Å². The topological polar surface area (TPSA) is 122 Å². The maximum atomic E-state index is 12.0. The number of nitrogens with zero attached hydrogens (tertiary/aromatic N) is 3. The van der Waals surface area contributed by atoms with E-state index in [-0.39, 0.29) is 24.0 Å². The van der Waals surface area contributed by atoms with Crippen molar-refractivity contribution in [2.75, 3.05) is 17.2 Å². The SMILES string of the molecule is NS(=O)(=O)CC1CC(=O)N(c2ccc3n[nH]nc3c2)C1. The van der Waals surface area contributed by atoms with Gasteiger partial charge in [0.15, 0.2) is 0 Å². The number of benzene rings is 1. The largest absolute Gasteiger partial charge is 0.312 e. The third-order valence-electron chi connectivity index (χ3n) is 3.28. The number of amides is 1. The van der Waals surface area contributed by atoms with Crippen LogP contribution in [0.4, 0.5) is 5.69 Å². The van der Waals surface area contributed by atoms with E-state index in [1.165, 1.54) is 0 Å². The molecule has 1 aromatic carbocycles. The van der Waals surface area contributed by atoms with Crippen LogP contribution in [-0.4, -0.2) is 42.0 Å². The minimum atomic E-state index is -3.57. The van der Waals surface area contributed by atoms with Crippen molar-refractivity contribution in [2.45, 2.75) is 6.42 Å². The Balaban J connectivity index is 1.85. The summed E-state index contributed by atoms with van der Waals surface area (Å²) in [5.41, 5.74) is 2.06. The molecule has 8 nitrogen and oxygen atoms in total. The fraction of sp³-hybridized carbons (Fsp3) is 0.364. The molecule has 1 saturated heterocycles. The Kier molecular flexibility index (Phi) is 2.94. The van der Waals surface area contributed by atoms with Gasteiger partial charge in [-0.3, -0.25) is 4.79 Å². The quantitative estimate of drug-likeness (QED) is 0.797. The van der Waals surface area contributed by atoms with Crippen molar-refractivity contribution < 1.29 is 13.2 Å². The van der Waals surface area contributed by atoms with Crippen molar-refractivity contribution in [3.63, 3.8) is 0 Å². The molecule has 0 radical (unpaired) electrons. The average molecular weight is 295 g/mol. The molecule has 1 atom stereocenters. The molecule has 1 amide bonds. The Morgan fingerprint density at radius 2 is 2.10 bits per heavy atom. The monoisotopic (exact) mass is 295 g/mol. The van der Waals surface area contributed by atoms with E-state index in [1.807, 2.05) is 0 Å². The van der Waals surface area contributed by atoms with Crippen molar-refractivity contribution in [2.24, 2.45) is 11.1 Å². The van der Waals surface area contributed by atoms with Crippen molar-refractivity contribution in [1.29, 1.82) is 0 Å². The van der Waals surface area contributed by atoms with E-state index >= 15 is 0 Å². The average Bonchev–Trinajstić information content (AvgIpc) is 2.92. The number of carbonyl (C=O) groups is 1. The van der Waals surface area contributed by atoms with Gasteiger partial charge in [-0.2, -0.15) is 15.4 Å². The fourth-order valence-corrected chi connectivity index (χ4v) is 3.35. The maximum Gasteiger partial charge on any atom is 0.227 e. The van der Waals surface area contributed by atoms with Crippen molar-refractivity contribution in [3.8, 4) is 0 Å². The molecule has 0 spiro atoms. The Hall–Kier alpha value is -2.00. The first kappa shape index (κ1) is 13.0. The molecule has 2 heterocycles. The van der Waals surface area contributed by atoms with Crippen LogP contribution in [0.3, 0.4) is 0 Å². The lowest BCUT2D eigenvalue weighted by atomic mass is 10.1. The van der Waals surface area contributed by atoms with Crippen LogP contribution in [0.15, 0.2) is 18.2 Å². The van der Waals surface area contributed by atoms with E-state index in [2.05, 4.69) is 15.4 Å². The number of carbonyl (C=O) groups excluding carboxylic acids is 1. The van der Waals surface area contributed by atoms with Crippen LogP contribution in [0.25, 0.3) is 11.0 Å². The van der Waals surface area contributed by atoms with Crippen molar-refractivity contribution in [3.05, 3.63) is 18.2 Å². The third kappa shape index (κ3) is 2.49. The molecule has 3 rings (SSSR count). The normalized spacial score (nSPS) is 19.9. The third-order valence-corrected chi connectivity index (χ3v) is 4.22. The van der Waals surface area contributed by atoms with Gasteiger partial charge in [0, 0.05) is 24.6 Å². The van der Waals surface area contributed by atoms with Crippen LogP contribution in [0, 0.1) is 5.92 Å². The van der Waals surface area contributed by atoms with Gasteiger partial charge in [0.25, 0.3) is 0 Å². The molecule has 1 aromatic heterocycles. The Labute approximate surface area is 115 Å². The summed E-state index contributed by atoms with van der Waals surface area (Å²) in [4.78, 5) is 13.6. The second kappa shape index (κ2) is 4.53. The molecule has 1 aliphatic heterocycles.